The normalized spacial score (nSPS) is 9.89. The molecule has 0 bridgehead atoms. The summed E-state index contributed by atoms with van der Waals surface area (Å²) in [4.78, 5) is 15.9. The molecule has 18 heavy (non-hydrogen) atoms. The van der Waals surface area contributed by atoms with E-state index in [-0.39, 0.29) is 11.6 Å². The molecular weight excluding hydrogens is 230 g/mol. The van der Waals surface area contributed by atoms with E-state index in [1.807, 2.05) is 13.0 Å². The number of hydrogen-bond acceptors (Lipinski definition) is 5. The van der Waals surface area contributed by atoms with Gasteiger partial charge in [-0.1, -0.05) is 0 Å². The molecule has 0 aliphatic carbocycles. The summed E-state index contributed by atoms with van der Waals surface area (Å²) in [5, 5.41) is 13.2. The average Bonchev–Trinajstić information content (AvgIpc) is 2.39. The van der Waals surface area contributed by atoms with Gasteiger partial charge in [0.15, 0.2) is 5.69 Å². The third-order valence-electron chi connectivity index (χ3n) is 2.29. The Hall–Kier alpha value is -2.50. The van der Waals surface area contributed by atoms with Crippen LogP contribution in [0.25, 0.3) is 0 Å². The number of anilines is 2. The Morgan fingerprint density at radius 1 is 1.22 bits per heavy atom. The van der Waals surface area contributed by atoms with Gasteiger partial charge in [-0.15, -0.1) is 10.2 Å². The van der Waals surface area contributed by atoms with Gasteiger partial charge in [-0.25, -0.2) is 0 Å². The van der Waals surface area contributed by atoms with E-state index in [2.05, 4.69) is 25.8 Å². The highest BCUT2D eigenvalue weighted by Gasteiger charge is 2.08. The Morgan fingerprint density at radius 3 is 2.67 bits per heavy atom. The van der Waals surface area contributed by atoms with E-state index < -0.39 is 0 Å². The Bertz CT molecular complexity index is 553. The number of pyridine rings is 1. The Labute approximate surface area is 104 Å². The first kappa shape index (κ1) is 12.0. The molecule has 0 aliphatic rings. The third-order valence-corrected chi connectivity index (χ3v) is 2.29. The zero-order valence-corrected chi connectivity index (χ0v) is 10.1. The van der Waals surface area contributed by atoms with Crippen LogP contribution in [0.4, 0.5) is 11.5 Å². The second-order valence-corrected chi connectivity index (χ2v) is 3.76. The van der Waals surface area contributed by atoms with Crippen LogP contribution in [0.1, 0.15) is 16.1 Å². The van der Waals surface area contributed by atoms with Crippen molar-refractivity contribution in [3.8, 4) is 0 Å². The molecule has 2 aromatic heterocycles. The molecule has 2 heterocycles. The number of aromatic nitrogens is 3. The number of amides is 1. The minimum absolute atomic E-state index is 0.260. The molecule has 92 valence electrons. The van der Waals surface area contributed by atoms with E-state index in [9.17, 15) is 4.79 Å². The highest BCUT2D eigenvalue weighted by molar-refractivity contribution is 6.02. The van der Waals surface area contributed by atoms with Gasteiger partial charge in [0.05, 0.1) is 11.9 Å². The van der Waals surface area contributed by atoms with Crippen LogP contribution in [0.2, 0.25) is 0 Å². The molecule has 0 atom stereocenters. The van der Waals surface area contributed by atoms with E-state index in [1.165, 1.54) is 0 Å². The fraction of sp³-hybridized carbons (Fsp3) is 0.167. The Balaban J connectivity index is 2.11. The summed E-state index contributed by atoms with van der Waals surface area (Å²) < 4.78 is 0. The van der Waals surface area contributed by atoms with Gasteiger partial charge in [0.1, 0.15) is 5.82 Å². The number of rotatable bonds is 3. The van der Waals surface area contributed by atoms with Crippen molar-refractivity contribution in [3.63, 3.8) is 0 Å². The number of nitrogens with zero attached hydrogens (tertiary/aromatic N) is 3. The van der Waals surface area contributed by atoms with Crippen LogP contribution in [-0.4, -0.2) is 28.1 Å². The molecule has 0 fully saturated rings. The Kier molecular flexibility index (Phi) is 3.47. The zero-order chi connectivity index (χ0) is 13.0. The predicted molar refractivity (Wildman–Crippen MR) is 68.5 cm³/mol. The summed E-state index contributed by atoms with van der Waals surface area (Å²) in [7, 11) is 1.74. The summed E-state index contributed by atoms with van der Waals surface area (Å²) in [6.45, 7) is 1.91. The van der Waals surface area contributed by atoms with Gasteiger partial charge >= 0.3 is 0 Å². The van der Waals surface area contributed by atoms with E-state index >= 15 is 0 Å². The van der Waals surface area contributed by atoms with Crippen LogP contribution in [0, 0.1) is 6.92 Å². The molecule has 2 N–H and O–H groups in total. The Morgan fingerprint density at radius 2 is 2.06 bits per heavy atom. The van der Waals surface area contributed by atoms with Gasteiger partial charge in [-0.2, -0.15) is 0 Å². The van der Waals surface area contributed by atoms with Crippen LogP contribution in [0.15, 0.2) is 30.6 Å². The van der Waals surface area contributed by atoms with Gasteiger partial charge in [0.25, 0.3) is 5.91 Å². The van der Waals surface area contributed by atoms with Crippen LogP contribution >= 0.6 is 0 Å². The molecule has 0 unspecified atom stereocenters. The molecule has 2 rings (SSSR count). The zero-order valence-electron chi connectivity index (χ0n) is 10.1. The fourth-order valence-corrected chi connectivity index (χ4v) is 1.41. The summed E-state index contributed by atoms with van der Waals surface area (Å²) in [6.07, 6.45) is 3.30. The molecule has 1 amide bonds. The second kappa shape index (κ2) is 5.22. The summed E-state index contributed by atoms with van der Waals surface area (Å²) in [5.41, 5.74) is 1.87. The lowest BCUT2D eigenvalue weighted by Crippen LogP contribution is -2.14. The minimum atomic E-state index is -0.308. The summed E-state index contributed by atoms with van der Waals surface area (Å²) in [6, 6.07) is 5.13. The van der Waals surface area contributed by atoms with Crippen molar-refractivity contribution < 1.29 is 4.79 Å². The van der Waals surface area contributed by atoms with Crippen molar-refractivity contribution in [2.24, 2.45) is 0 Å². The lowest BCUT2D eigenvalue weighted by Gasteiger charge is -2.04. The first-order chi connectivity index (χ1) is 8.69. The van der Waals surface area contributed by atoms with E-state index in [0.717, 1.165) is 5.56 Å². The van der Waals surface area contributed by atoms with Crippen LogP contribution < -0.4 is 10.6 Å². The van der Waals surface area contributed by atoms with Crippen molar-refractivity contribution in [3.05, 3.63) is 41.9 Å². The quantitative estimate of drug-likeness (QED) is 0.853. The summed E-state index contributed by atoms with van der Waals surface area (Å²) in [5.74, 6) is 0.307. The van der Waals surface area contributed by atoms with E-state index in [4.69, 9.17) is 0 Å². The highest BCUT2D eigenvalue weighted by atomic mass is 16.1. The number of hydrogen-bond donors (Lipinski definition) is 2. The van der Waals surface area contributed by atoms with Crippen molar-refractivity contribution in [2.45, 2.75) is 6.92 Å². The maximum atomic E-state index is 11.9. The van der Waals surface area contributed by atoms with Crippen LogP contribution in [0.5, 0.6) is 0 Å². The standard InChI is InChI=1S/C12H13N5O/c1-8-5-9(7-14-6-8)15-12(18)10-3-4-11(13-2)17-16-10/h3-7H,1-2H3,(H,13,17)(H,15,18). The summed E-state index contributed by atoms with van der Waals surface area (Å²) >= 11 is 0. The van der Waals surface area contributed by atoms with Crippen LogP contribution in [-0.2, 0) is 0 Å². The lowest BCUT2D eigenvalue weighted by atomic mass is 10.3. The molecular formula is C12H13N5O. The number of carbonyl (C=O) groups excluding carboxylic acids is 1. The first-order valence-corrected chi connectivity index (χ1v) is 5.43. The molecule has 2 aromatic rings. The number of carbonyl (C=O) groups is 1. The topological polar surface area (TPSA) is 79.8 Å². The molecule has 0 aromatic carbocycles. The van der Waals surface area contributed by atoms with Crippen molar-refractivity contribution >= 4 is 17.4 Å². The molecule has 0 saturated heterocycles. The van der Waals surface area contributed by atoms with Gasteiger partial charge < -0.3 is 10.6 Å². The molecule has 0 radical (unpaired) electrons. The van der Waals surface area contributed by atoms with Gasteiger partial charge in [-0.3, -0.25) is 9.78 Å². The monoisotopic (exact) mass is 243 g/mol. The van der Waals surface area contributed by atoms with E-state index in [0.29, 0.717) is 11.5 Å². The first-order valence-electron chi connectivity index (χ1n) is 5.43. The fourth-order valence-electron chi connectivity index (χ4n) is 1.41. The van der Waals surface area contributed by atoms with Crippen molar-refractivity contribution in [1.29, 1.82) is 0 Å². The number of nitrogens with one attached hydrogen (secondary N) is 2. The number of aryl methyl sites for hydroxylation is 1. The van der Waals surface area contributed by atoms with Crippen molar-refractivity contribution in [1.82, 2.24) is 15.2 Å². The molecule has 0 saturated carbocycles. The minimum Gasteiger partial charge on any atom is -0.372 e. The molecule has 6 nitrogen and oxygen atoms in total. The smallest absolute Gasteiger partial charge is 0.276 e. The average molecular weight is 243 g/mol. The third kappa shape index (κ3) is 2.79. The van der Waals surface area contributed by atoms with E-state index in [1.54, 1.807) is 31.6 Å². The molecule has 6 heteroatoms. The molecule has 0 spiro atoms. The van der Waals surface area contributed by atoms with Gasteiger partial charge in [-0.05, 0) is 30.7 Å². The lowest BCUT2D eigenvalue weighted by molar-refractivity contribution is 0.102. The largest absolute Gasteiger partial charge is 0.372 e. The predicted octanol–water partition coefficient (Wildman–Crippen LogP) is 1.47. The van der Waals surface area contributed by atoms with Crippen LogP contribution in [0.3, 0.4) is 0 Å². The second-order valence-electron chi connectivity index (χ2n) is 3.76. The highest BCUT2D eigenvalue weighted by Crippen LogP contribution is 2.09. The molecule has 0 aliphatic heterocycles. The van der Waals surface area contributed by atoms with Gasteiger partial charge in [0, 0.05) is 13.2 Å². The van der Waals surface area contributed by atoms with Gasteiger partial charge in [0.2, 0.25) is 0 Å². The maximum Gasteiger partial charge on any atom is 0.276 e. The van der Waals surface area contributed by atoms with Crippen molar-refractivity contribution in [2.75, 3.05) is 17.7 Å². The maximum absolute atomic E-state index is 11.9. The SMILES string of the molecule is CNc1ccc(C(=O)Nc2cncc(C)c2)nn1.